The molecule has 1 aliphatic carbocycles. The molecule has 1 amide bonds. The zero-order valence-electron chi connectivity index (χ0n) is 25.0. The van der Waals surface area contributed by atoms with Crippen LogP contribution in [0.3, 0.4) is 0 Å². The van der Waals surface area contributed by atoms with Gasteiger partial charge in [-0.1, -0.05) is 61.7 Å². The van der Waals surface area contributed by atoms with Crippen LogP contribution in [0.4, 0.5) is 11.4 Å². The Bertz CT molecular complexity index is 1550. The lowest BCUT2D eigenvalue weighted by atomic mass is 9.80. The fraction of sp³-hybridized carbons (Fsp3) is 0.344. The highest BCUT2D eigenvalue weighted by atomic mass is 32.2. The first-order valence-corrected chi connectivity index (χ1v) is 15.6. The topological polar surface area (TPSA) is 174 Å². The maximum absolute atomic E-state index is 13.7. The van der Waals surface area contributed by atoms with Gasteiger partial charge in [-0.25, -0.2) is 13.1 Å². The summed E-state index contributed by atoms with van der Waals surface area (Å²) in [4.78, 5) is 22.9. The molecule has 4 rings (SSSR count). The van der Waals surface area contributed by atoms with E-state index >= 15 is 0 Å². The van der Waals surface area contributed by atoms with E-state index in [9.17, 15) is 13.2 Å². The summed E-state index contributed by atoms with van der Waals surface area (Å²) in [5.41, 5.74) is 7.55. The Labute approximate surface area is 253 Å². The number of anilines is 2. The molecule has 3 aromatic rings. The van der Waals surface area contributed by atoms with Crippen molar-refractivity contribution in [2.75, 3.05) is 10.6 Å². The highest BCUT2D eigenvalue weighted by Gasteiger charge is 2.39. The third-order valence-electron chi connectivity index (χ3n) is 6.77. The first kappa shape index (κ1) is 33.3. The van der Waals surface area contributed by atoms with Crippen molar-refractivity contribution in [2.45, 2.75) is 75.8 Å². The van der Waals surface area contributed by atoms with Crippen molar-refractivity contribution in [1.82, 2.24) is 4.72 Å². The molecule has 0 radical (unpaired) electrons. The second-order valence-electron chi connectivity index (χ2n) is 11.7. The molecule has 43 heavy (non-hydrogen) atoms. The molecule has 230 valence electrons. The zero-order chi connectivity index (χ0) is 31.8. The maximum atomic E-state index is 13.7. The van der Waals surface area contributed by atoms with Gasteiger partial charge >= 0.3 is 0 Å². The number of nitrogen functional groups attached to an aromatic ring is 1. The average molecular weight is 608 g/mol. The van der Waals surface area contributed by atoms with E-state index in [-0.39, 0.29) is 16.6 Å². The molecule has 0 spiro atoms. The second-order valence-corrected chi connectivity index (χ2v) is 13.3. The smallest absolute Gasteiger partial charge is 0.300 e. The molecule has 0 atom stereocenters. The molecule has 1 fully saturated rings. The third-order valence-corrected chi connectivity index (χ3v) is 8.59. The summed E-state index contributed by atoms with van der Waals surface area (Å²) in [7, 11) is -3.74. The molecule has 7 N–H and O–H groups in total. The summed E-state index contributed by atoms with van der Waals surface area (Å²) >= 11 is 0. The van der Waals surface area contributed by atoms with Crippen LogP contribution in [0.1, 0.15) is 65.4 Å². The predicted octanol–water partition coefficient (Wildman–Crippen LogP) is 5.56. The van der Waals surface area contributed by atoms with Crippen LogP contribution in [-0.2, 0) is 19.6 Å². The number of amides is 1. The van der Waals surface area contributed by atoms with E-state index < -0.39 is 27.1 Å². The number of carbonyl (C=O) groups is 2. The molecule has 3 aromatic carbocycles. The van der Waals surface area contributed by atoms with Gasteiger partial charge in [-0.05, 0) is 69.5 Å². The summed E-state index contributed by atoms with van der Waals surface area (Å²) < 4.78 is 28.9. The number of carbonyl (C=O) groups excluding carboxylic acids is 1. The summed E-state index contributed by atoms with van der Waals surface area (Å²) in [6.45, 7) is 6.50. The minimum absolute atomic E-state index is 0.0237. The first-order chi connectivity index (χ1) is 20.1. The molecular weight excluding hydrogens is 566 g/mol. The van der Waals surface area contributed by atoms with Crippen molar-refractivity contribution in [3.63, 3.8) is 0 Å². The lowest BCUT2D eigenvalue weighted by molar-refractivity contribution is -0.134. The third kappa shape index (κ3) is 9.39. The molecule has 0 aliphatic heterocycles. The molecule has 0 bridgehead atoms. The molecule has 10 nitrogen and oxygen atoms in total. The lowest BCUT2D eigenvalue weighted by Crippen LogP contribution is -2.51. The Balaban J connectivity index is 0.00000119. The van der Waals surface area contributed by atoms with E-state index in [2.05, 4.69) is 15.4 Å². The largest absolute Gasteiger partial charge is 0.481 e. The molecule has 0 saturated heterocycles. The van der Waals surface area contributed by atoms with Gasteiger partial charge in [0.2, 0.25) is 15.9 Å². The van der Waals surface area contributed by atoms with Gasteiger partial charge in [0.15, 0.2) is 0 Å². The lowest BCUT2D eigenvalue weighted by Gasteiger charge is -2.37. The van der Waals surface area contributed by atoms with Crippen LogP contribution in [0, 0.1) is 5.41 Å². The summed E-state index contributed by atoms with van der Waals surface area (Å²) in [5.74, 6) is -0.982. The molecule has 1 saturated carbocycles. The molecule has 0 heterocycles. The number of sulfonamides is 1. The van der Waals surface area contributed by atoms with Crippen molar-refractivity contribution in [2.24, 2.45) is 5.73 Å². The van der Waals surface area contributed by atoms with Gasteiger partial charge in [-0.3, -0.25) is 15.0 Å². The van der Waals surface area contributed by atoms with Gasteiger partial charge in [0.25, 0.3) is 5.97 Å². The Kier molecular flexibility index (Phi) is 10.7. The number of rotatable bonds is 8. The number of hydrogen-bond donors (Lipinski definition) is 6. The number of carboxylic acids is 1. The van der Waals surface area contributed by atoms with Crippen molar-refractivity contribution in [3.05, 3.63) is 78.4 Å². The summed E-state index contributed by atoms with van der Waals surface area (Å²) in [6, 6.07) is 21.4. The second kappa shape index (κ2) is 13.8. The molecule has 0 unspecified atom stereocenters. The monoisotopic (exact) mass is 607 g/mol. The summed E-state index contributed by atoms with van der Waals surface area (Å²) in [5, 5.41) is 21.7. The van der Waals surface area contributed by atoms with Gasteiger partial charge in [-0.2, -0.15) is 0 Å². The van der Waals surface area contributed by atoms with E-state index in [1.54, 1.807) is 69.3 Å². The van der Waals surface area contributed by atoms with Crippen LogP contribution in [0.5, 0.6) is 0 Å². The number of amidine groups is 1. The number of nitrogens with one attached hydrogen (secondary N) is 4. The Morgan fingerprint density at radius 2 is 1.51 bits per heavy atom. The first-order valence-electron chi connectivity index (χ1n) is 14.1. The van der Waals surface area contributed by atoms with Crippen LogP contribution < -0.4 is 21.1 Å². The number of benzene rings is 3. The highest BCUT2D eigenvalue weighted by molar-refractivity contribution is 7.89. The van der Waals surface area contributed by atoms with Crippen molar-refractivity contribution >= 4 is 39.1 Å². The van der Waals surface area contributed by atoms with Gasteiger partial charge in [0.1, 0.15) is 11.4 Å². The Morgan fingerprint density at radius 3 is 2.09 bits per heavy atom. The minimum atomic E-state index is -3.74. The fourth-order valence-corrected chi connectivity index (χ4v) is 6.64. The van der Waals surface area contributed by atoms with Crippen LogP contribution in [-0.4, -0.2) is 42.3 Å². The van der Waals surface area contributed by atoms with Crippen molar-refractivity contribution < 1.29 is 23.1 Å². The van der Waals surface area contributed by atoms with E-state index in [0.717, 1.165) is 37.4 Å². The van der Waals surface area contributed by atoms with Crippen LogP contribution in [0.2, 0.25) is 0 Å². The number of carboxylic acid groups (broad SMARTS) is 1. The maximum Gasteiger partial charge on any atom is 0.300 e. The van der Waals surface area contributed by atoms with E-state index in [4.69, 9.17) is 21.0 Å². The van der Waals surface area contributed by atoms with Gasteiger partial charge in [0, 0.05) is 35.0 Å². The van der Waals surface area contributed by atoms with Crippen LogP contribution in [0.25, 0.3) is 11.1 Å². The minimum Gasteiger partial charge on any atom is -0.481 e. The SMILES string of the molecule is CC(=O)O.CC(C)(C)NS(=O)(=O)c1ccccc1-c1ccc(NC(=O)C2(Nc3cccc(C(=N)N)c3)CCCCC2)cc1. The Morgan fingerprint density at radius 1 is 0.907 bits per heavy atom. The van der Waals surface area contributed by atoms with Crippen LogP contribution >= 0.6 is 0 Å². The normalized spacial score (nSPS) is 14.5. The van der Waals surface area contributed by atoms with E-state index in [1.807, 2.05) is 24.3 Å². The fourth-order valence-electron chi connectivity index (χ4n) is 4.99. The van der Waals surface area contributed by atoms with Crippen molar-refractivity contribution in [3.8, 4) is 11.1 Å². The quantitative estimate of drug-likeness (QED) is 0.144. The number of aliphatic carboxylic acids is 1. The molecule has 0 aromatic heterocycles. The van der Waals surface area contributed by atoms with Gasteiger partial charge in [-0.15, -0.1) is 0 Å². The Hall–Kier alpha value is -4.22. The van der Waals surface area contributed by atoms with Gasteiger partial charge in [0.05, 0.1) is 4.90 Å². The van der Waals surface area contributed by atoms with Crippen molar-refractivity contribution in [1.29, 1.82) is 5.41 Å². The highest BCUT2D eigenvalue weighted by Crippen LogP contribution is 2.34. The number of nitrogens with two attached hydrogens (primary N) is 1. The van der Waals surface area contributed by atoms with Gasteiger partial charge < -0.3 is 21.5 Å². The molecule has 11 heteroatoms. The van der Waals surface area contributed by atoms with Crippen LogP contribution in [0.15, 0.2) is 77.7 Å². The molecule has 1 aliphatic rings. The predicted molar refractivity (Wildman–Crippen MR) is 171 cm³/mol. The zero-order valence-corrected chi connectivity index (χ0v) is 25.8. The standard InChI is InChI=1S/C30H37N5O3S.C2H4O2/c1-29(2,3)35-39(37,38)26-13-6-5-12-25(26)21-14-16-23(17-15-21)33-28(36)30(18-7-4-8-19-30)34-24-11-9-10-22(20-24)27(31)32;1-2(3)4/h5-6,9-17,20,34-35H,4,7-8,18-19H2,1-3H3,(H3,31,32)(H,33,36);1H3,(H,3,4). The average Bonchev–Trinajstić information content (AvgIpc) is 2.92. The van der Waals surface area contributed by atoms with E-state index in [0.29, 0.717) is 29.7 Å². The number of hydrogen-bond acceptors (Lipinski definition) is 6. The molecular formula is C32H41N5O5S. The van der Waals surface area contributed by atoms with E-state index in [1.165, 1.54) is 0 Å². The summed E-state index contributed by atoms with van der Waals surface area (Å²) in [6.07, 6.45) is 4.31.